The molecule has 1 aliphatic heterocycles. The predicted molar refractivity (Wildman–Crippen MR) is 67.8 cm³/mol. The number of hydrogen-bond acceptors (Lipinski definition) is 4. The molecule has 1 saturated heterocycles. The van der Waals surface area contributed by atoms with E-state index in [-0.39, 0.29) is 12.1 Å². The first kappa shape index (κ1) is 12.7. The van der Waals surface area contributed by atoms with Gasteiger partial charge >= 0.3 is 6.09 Å². The number of nitrogens with two attached hydrogens (primary N) is 1. The molecule has 0 aliphatic carbocycles. The molecule has 1 heterocycles. The highest BCUT2D eigenvalue weighted by Gasteiger charge is 2.24. The van der Waals surface area contributed by atoms with Crippen LogP contribution in [0.2, 0.25) is 0 Å². The molecule has 0 bridgehead atoms. The minimum absolute atomic E-state index is 0.0675. The van der Waals surface area contributed by atoms with Crippen LogP contribution in [0.4, 0.5) is 4.79 Å². The number of hydrogen-bond donors (Lipinski definition) is 1. The molecule has 1 aromatic carbocycles. The summed E-state index contributed by atoms with van der Waals surface area (Å²) >= 11 is 0. The molecule has 1 amide bonds. The van der Waals surface area contributed by atoms with Crippen LogP contribution in [-0.4, -0.2) is 36.7 Å². The van der Waals surface area contributed by atoms with Gasteiger partial charge < -0.3 is 20.1 Å². The lowest BCUT2D eigenvalue weighted by Crippen LogP contribution is -2.33. The fraction of sp³-hybridized carbons (Fsp3) is 0.462. The Kier molecular flexibility index (Phi) is 4.04. The summed E-state index contributed by atoms with van der Waals surface area (Å²) in [6, 6.07) is 7.07. The topological polar surface area (TPSA) is 64.8 Å². The van der Waals surface area contributed by atoms with Gasteiger partial charge in [0.2, 0.25) is 0 Å². The summed E-state index contributed by atoms with van der Waals surface area (Å²) in [6.07, 6.45) is 0.491. The summed E-state index contributed by atoms with van der Waals surface area (Å²) in [5.74, 6) is 1.28. The van der Waals surface area contributed by atoms with Gasteiger partial charge in [0.15, 0.2) is 0 Å². The van der Waals surface area contributed by atoms with Crippen LogP contribution in [0.25, 0.3) is 0 Å². The largest absolute Gasteiger partial charge is 0.494 e. The van der Waals surface area contributed by atoms with Crippen LogP contribution in [0.3, 0.4) is 0 Å². The zero-order chi connectivity index (χ0) is 13.0. The zero-order valence-corrected chi connectivity index (χ0v) is 10.5. The number of ether oxygens (including phenoxy) is 2. The van der Waals surface area contributed by atoms with Gasteiger partial charge in [-0.3, -0.25) is 0 Å². The van der Waals surface area contributed by atoms with Crippen molar-refractivity contribution in [1.29, 1.82) is 0 Å². The van der Waals surface area contributed by atoms with Gasteiger partial charge in [-0.15, -0.1) is 0 Å². The van der Waals surface area contributed by atoms with Crippen LogP contribution in [-0.2, 0) is 0 Å². The summed E-state index contributed by atoms with van der Waals surface area (Å²) in [7, 11) is 0. The van der Waals surface area contributed by atoms with E-state index in [4.69, 9.17) is 15.2 Å². The summed E-state index contributed by atoms with van der Waals surface area (Å²) < 4.78 is 10.6. The molecule has 98 valence electrons. The van der Waals surface area contributed by atoms with Gasteiger partial charge in [0, 0.05) is 19.1 Å². The van der Waals surface area contributed by atoms with Crippen molar-refractivity contribution < 1.29 is 14.3 Å². The minimum Gasteiger partial charge on any atom is -0.494 e. The van der Waals surface area contributed by atoms with Crippen LogP contribution in [0, 0.1) is 0 Å². The molecule has 1 aromatic rings. The predicted octanol–water partition coefficient (Wildman–Crippen LogP) is 1.62. The summed E-state index contributed by atoms with van der Waals surface area (Å²) in [6.45, 7) is 3.77. The normalized spacial score (nSPS) is 18.8. The monoisotopic (exact) mass is 250 g/mol. The average Bonchev–Trinajstić information content (AvgIpc) is 2.79. The van der Waals surface area contributed by atoms with E-state index in [0.717, 1.165) is 12.2 Å². The second kappa shape index (κ2) is 5.73. The third kappa shape index (κ3) is 3.13. The molecule has 1 aliphatic rings. The van der Waals surface area contributed by atoms with Crippen molar-refractivity contribution in [2.45, 2.75) is 19.4 Å². The number of amides is 1. The molecule has 2 N–H and O–H groups in total. The van der Waals surface area contributed by atoms with Gasteiger partial charge in [0.05, 0.1) is 6.61 Å². The molecule has 0 radical (unpaired) electrons. The molecule has 0 saturated carbocycles. The molecular formula is C13H18N2O3. The second-order valence-corrected chi connectivity index (χ2v) is 4.27. The highest BCUT2D eigenvalue weighted by Crippen LogP contribution is 2.19. The van der Waals surface area contributed by atoms with Crippen molar-refractivity contribution in [2.75, 3.05) is 19.7 Å². The van der Waals surface area contributed by atoms with E-state index in [0.29, 0.717) is 25.4 Å². The SMILES string of the molecule is CCOc1ccc(OC(=O)N2CCC(N)C2)cc1. The van der Waals surface area contributed by atoms with Crippen molar-refractivity contribution in [1.82, 2.24) is 4.90 Å². The van der Waals surface area contributed by atoms with Crippen molar-refractivity contribution in [3.05, 3.63) is 24.3 Å². The van der Waals surface area contributed by atoms with Crippen LogP contribution >= 0.6 is 0 Å². The van der Waals surface area contributed by atoms with E-state index in [1.165, 1.54) is 0 Å². The van der Waals surface area contributed by atoms with E-state index in [1.807, 2.05) is 6.92 Å². The van der Waals surface area contributed by atoms with Gasteiger partial charge in [0.1, 0.15) is 11.5 Å². The highest BCUT2D eigenvalue weighted by molar-refractivity contribution is 5.71. The van der Waals surface area contributed by atoms with E-state index in [2.05, 4.69) is 0 Å². The molecule has 5 nitrogen and oxygen atoms in total. The van der Waals surface area contributed by atoms with Crippen LogP contribution in [0.1, 0.15) is 13.3 Å². The lowest BCUT2D eigenvalue weighted by atomic mass is 10.3. The first-order chi connectivity index (χ1) is 8.69. The Balaban J connectivity index is 1.90. The van der Waals surface area contributed by atoms with Crippen molar-refractivity contribution in [3.63, 3.8) is 0 Å². The third-order valence-electron chi connectivity index (χ3n) is 2.82. The van der Waals surface area contributed by atoms with Crippen LogP contribution < -0.4 is 15.2 Å². The fourth-order valence-electron chi connectivity index (χ4n) is 1.89. The van der Waals surface area contributed by atoms with Crippen LogP contribution in [0.15, 0.2) is 24.3 Å². The molecule has 0 aromatic heterocycles. The van der Waals surface area contributed by atoms with Gasteiger partial charge in [-0.2, -0.15) is 0 Å². The number of nitrogens with zero attached hydrogens (tertiary/aromatic N) is 1. The molecule has 5 heteroatoms. The Morgan fingerprint density at radius 2 is 2.06 bits per heavy atom. The minimum atomic E-state index is -0.341. The first-order valence-electron chi connectivity index (χ1n) is 6.14. The van der Waals surface area contributed by atoms with Gasteiger partial charge in [-0.05, 0) is 37.6 Å². The number of rotatable bonds is 3. The lowest BCUT2D eigenvalue weighted by molar-refractivity contribution is 0.162. The Labute approximate surface area is 106 Å². The number of benzene rings is 1. The lowest BCUT2D eigenvalue weighted by Gasteiger charge is -2.15. The molecule has 1 atom stereocenters. The maximum Gasteiger partial charge on any atom is 0.415 e. The maximum atomic E-state index is 11.8. The highest BCUT2D eigenvalue weighted by atomic mass is 16.6. The Morgan fingerprint density at radius 1 is 1.39 bits per heavy atom. The third-order valence-corrected chi connectivity index (χ3v) is 2.82. The fourth-order valence-corrected chi connectivity index (χ4v) is 1.89. The number of likely N-dealkylation sites (tertiary alicyclic amines) is 1. The summed E-state index contributed by atoms with van der Waals surface area (Å²) in [5, 5.41) is 0. The Bertz CT molecular complexity index is 405. The Morgan fingerprint density at radius 3 is 2.61 bits per heavy atom. The average molecular weight is 250 g/mol. The number of carbonyl (C=O) groups is 1. The van der Waals surface area contributed by atoms with Crippen LogP contribution in [0.5, 0.6) is 11.5 Å². The van der Waals surface area contributed by atoms with E-state index in [1.54, 1.807) is 29.2 Å². The van der Waals surface area contributed by atoms with Gasteiger partial charge in [-0.25, -0.2) is 4.79 Å². The van der Waals surface area contributed by atoms with E-state index in [9.17, 15) is 4.79 Å². The number of carbonyl (C=O) groups excluding carboxylic acids is 1. The summed E-state index contributed by atoms with van der Waals surface area (Å²) in [4.78, 5) is 13.4. The smallest absolute Gasteiger partial charge is 0.415 e. The van der Waals surface area contributed by atoms with E-state index < -0.39 is 0 Å². The molecule has 18 heavy (non-hydrogen) atoms. The molecular weight excluding hydrogens is 232 g/mol. The molecule has 1 unspecified atom stereocenters. The maximum absolute atomic E-state index is 11.8. The van der Waals surface area contributed by atoms with Gasteiger partial charge in [-0.1, -0.05) is 0 Å². The standard InChI is InChI=1S/C13H18N2O3/c1-2-17-11-3-5-12(6-4-11)18-13(16)15-8-7-10(14)9-15/h3-6,10H,2,7-9,14H2,1H3. The quantitative estimate of drug-likeness (QED) is 0.885. The van der Waals surface area contributed by atoms with Gasteiger partial charge in [0.25, 0.3) is 0 Å². The molecule has 0 spiro atoms. The summed E-state index contributed by atoms with van der Waals surface area (Å²) in [5.41, 5.74) is 5.74. The van der Waals surface area contributed by atoms with E-state index >= 15 is 0 Å². The van der Waals surface area contributed by atoms with Crippen molar-refractivity contribution in [3.8, 4) is 11.5 Å². The first-order valence-corrected chi connectivity index (χ1v) is 6.14. The Hall–Kier alpha value is -1.75. The second-order valence-electron chi connectivity index (χ2n) is 4.27. The molecule has 2 rings (SSSR count). The van der Waals surface area contributed by atoms with Crippen molar-refractivity contribution >= 4 is 6.09 Å². The van der Waals surface area contributed by atoms with Crippen molar-refractivity contribution in [2.24, 2.45) is 5.73 Å². The molecule has 1 fully saturated rings. The zero-order valence-electron chi connectivity index (χ0n) is 10.5.